The van der Waals surface area contributed by atoms with Crippen LogP contribution in [0.2, 0.25) is 0 Å². The van der Waals surface area contributed by atoms with E-state index in [4.69, 9.17) is 15.2 Å². The lowest BCUT2D eigenvalue weighted by atomic mass is 9.79. The second-order valence-electron chi connectivity index (χ2n) is 5.64. The summed E-state index contributed by atoms with van der Waals surface area (Å²) in [6, 6.07) is 0.187. The molecule has 18 heavy (non-hydrogen) atoms. The van der Waals surface area contributed by atoms with Crippen LogP contribution in [0.25, 0.3) is 0 Å². The molecule has 4 heteroatoms. The highest BCUT2D eigenvalue weighted by molar-refractivity contribution is 7.99. The van der Waals surface area contributed by atoms with E-state index in [-0.39, 0.29) is 11.6 Å². The normalized spacial score (nSPS) is 29.3. The largest absolute Gasteiger partial charge is 0.380 e. The highest BCUT2D eigenvalue weighted by Gasteiger charge is 2.40. The fourth-order valence-corrected chi connectivity index (χ4v) is 4.26. The first kappa shape index (κ1) is 14.6. The third-order valence-electron chi connectivity index (χ3n) is 4.20. The van der Waals surface area contributed by atoms with Crippen molar-refractivity contribution in [3.05, 3.63) is 0 Å². The molecule has 0 aromatic rings. The Bertz CT molecular complexity index is 238. The average Bonchev–Trinajstić information content (AvgIpc) is 2.40. The lowest BCUT2D eigenvalue weighted by Crippen LogP contribution is -2.48. The predicted octanol–water partition coefficient (Wildman–Crippen LogP) is 2.43. The first-order valence-corrected chi connectivity index (χ1v) is 8.46. The minimum absolute atomic E-state index is 0.149. The van der Waals surface area contributed by atoms with E-state index in [1.807, 2.05) is 0 Å². The summed E-state index contributed by atoms with van der Waals surface area (Å²) >= 11 is 2.05. The van der Waals surface area contributed by atoms with E-state index >= 15 is 0 Å². The summed E-state index contributed by atoms with van der Waals surface area (Å²) in [5.74, 6) is 3.07. The number of hydrogen-bond acceptors (Lipinski definition) is 4. The zero-order valence-corrected chi connectivity index (χ0v) is 12.3. The predicted molar refractivity (Wildman–Crippen MR) is 77.1 cm³/mol. The minimum Gasteiger partial charge on any atom is -0.380 e. The van der Waals surface area contributed by atoms with Crippen LogP contribution in [-0.2, 0) is 9.47 Å². The Morgan fingerprint density at radius 2 is 2.22 bits per heavy atom. The second kappa shape index (κ2) is 7.13. The second-order valence-corrected chi connectivity index (χ2v) is 6.86. The summed E-state index contributed by atoms with van der Waals surface area (Å²) < 4.78 is 11.7. The highest BCUT2D eigenvalue weighted by atomic mass is 32.2. The lowest BCUT2D eigenvalue weighted by Gasteiger charge is -2.44. The molecule has 0 amide bonds. The number of nitrogens with two attached hydrogens (primary N) is 1. The minimum atomic E-state index is 0.149. The quantitative estimate of drug-likeness (QED) is 0.781. The van der Waals surface area contributed by atoms with Crippen LogP contribution in [0.1, 0.15) is 39.0 Å². The smallest absolute Gasteiger partial charge is 0.0701 e. The molecular weight excluding hydrogens is 246 g/mol. The third kappa shape index (κ3) is 3.86. The van der Waals surface area contributed by atoms with E-state index in [2.05, 4.69) is 18.7 Å². The van der Waals surface area contributed by atoms with Crippen molar-refractivity contribution >= 4 is 11.8 Å². The van der Waals surface area contributed by atoms with Gasteiger partial charge in [-0.25, -0.2) is 0 Å². The van der Waals surface area contributed by atoms with Gasteiger partial charge in [0.2, 0.25) is 0 Å². The van der Waals surface area contributed by atoms with Gasteiger partial charge in [-0.15, -0.1) is 0 Å². The zero-order chi connectivity index (χ0) is 12.8. The molecule has 2 saturated heterocycles. The maximum absolute atomic E-state index is 6.29. The molecular formula is C14H27NO2S. The van der Waals surface area contributed by atoms with E-state index in [1.165, 1.54) is 24.3 Å². The Kier molecular flexibility index (Phi) is 5.80. The Morgan fingerprint density at radius 3 is 2.94 bits per heavy atom. The zero-order valence-electron chi connectivity index (χ0n) is 11.5. The molecule has 2 N–H and O–H groups in total. The molecule has 2 rings (SSSR count). The SMILES string of the molecule is CCCOCC(N)C1CCOC2(CCSCC2)C1. The number of hydrogen-bond donors (Lipinski definition) is 1. The van der Waals surface area contributed by atoms with E-state index < -0.39 is 0 Å². The van der Waals surface area contributed by atoms with Crippen LogP contribution in [0.4, 0.5) is 0 Å². The van der Waals surface area contributed by atoms with Crippen molar-refractivity contribution in [2.24, 2.45) is 11.7 Å². The van der Waals surface area contributed by atoms with Crippen molar-refractivity contribution < 1.29 is 9.47 Å². The number of thioether (sulfide) groups is 1. The summed E-state index contributed by atoms with van der Waals surface area (Å²) in [4.78, 5) is 0. The lowest BCUT2D eigenvalue weighted by molar-refractivity contribution is -0.108. The van der Waals surface area contributed by atoms with Gasteiger partial charge in [-0.2, -0.15) is 11.8 Å². The summed E-state index contributed by atoms with van der Waals surface area (Å²) in [6.45, 7) is 4.56. The Hall–Kier alpha value is 0.230. The number of rotatable bonds is 5. The van der Waals surface area contributed by atoms with Gasteiger partial charge in [-0.1, -0.05) is 6.92 Å². The first-order valence-electron chi connectivity index (χ1n) is 7.31. The van der Waals surface area contributed by atoms with Crippen molar-refractivity contribution in [2.75, 3.05) is 31.3 Å². The van der Waals surface area contributed by atoms with E-state index in [0.29, 0.717) is 12.5 Å². The van der Waals surface area contributed by atoms with E-state index in [1.54, 1.807) is 0 Å². The van der Waals surface area contributed by atoms with Crippen LogP contribution in [0, 0.1) is 5.92 Å². The molecule has 106 valence electrons. The highest BCUT2D eigenvalue weighted by Crippen LogP contribution is 2.40. The summed E-state index contributed by atoms with van der Waals surface area (Å²) in [6.07, 6.45) is 5.73. The van der Waals surface area contributed by atoms with E-state index in [9.17, 15) is 0 Å². The van der Waals surface area contributed by atoms with Crippen LogP contribution < -0.4 is 5.73 Å². The van der Waals surface area contributed by atoms with Crippen LogP contribution in [-0.4, -0.2) is 43.0 Å². The van der Waals surface area contributed by atoms with Gasteiger partial charge < -0.3 is 15.2 Å². The third-order valence-corrected chi connectivity index (χ3v) is 5.18. The Balaban J connectivity index is 1.81. The van der Waals surface area contributed by atoms with Crippen LogP contribution >= 0.6 is 11.8 Å². The number of ether oxygens (including phenoxy) is 2. The Morgan fingerprint density at radius 1 is 1.44 bits per heavy atom. The fraction of sp³-hybridized carbons (Fsp3) is 1.00. The molecule has 2 atom stereocenters. The van der Waals surface area contributed by atoms with Crippen molar-refractivity contribution in [3.63, 3.8) is 0 Å². The molecule has 0 aliphatic carbocycles. The molecule has 2 aliphatic rings. The van der Waals surface area contributed by atoms with Crippen molar-refractivity contribution in [1.29, 1.82) is 0 Å². The van der Waals surface area contributed by atoms with Gasteiger partial charge in [0.25, 0.3) is 0 Å². The van der Waals surface area contributed by atoms with Crippen molar-refractivity contribution in [3.8, 4) is 0 Å². The fourth-order valence-electron chi connectivity index (χ4n) is 3.02. The van der Waals surface area contributed by atoms with Gasteiger partial charge >= 0.3 is 0 Å². The molecule has 0 saturated carbocycles. The molecule has 0 radical (unpaired) electrons. The molecule has 2 heterocycles. The van der Waals surface area contributed by atoms with Gasteiger partial charge in [0, 0.05) is 19.3 Å². The Labute approximate surface area is 115 Å². The maximum atomic E-state index is 6.29. The summed E-state index contributed by atoms with van der Waals surface area (Å²) in [5, 5.41) is 0. The van der Waals surface area contributed by atoms with Crippen molar-refractivity contribution in [1.82, 2.24) is 0 Å². The summed E-state index contributed by atoms with van der Waals surface area (Å²) in [7, 11) is 0. The molecule has 2 unspecified atom stereocenters. The van der Waals surface area contributed by atoms with Crippen LogP contribution in [0.15, 0.2) is 0 Å². The molecule has 1 spiro atoms. The van der Waals surface area contributed by atoms with E-state index in [0.717, 1.165) is 32.5 Å². The average molecular weight is 273 g/mol. The van der Waals surface area contributed by atoms with Gasteiger partial charge in [0.15, 0.2) is 0 Å². The topological polar surface area (TPSA) is 44.5 Å². The first-order chi connectivity index (χ1) is 8.76. The van der Waals surface area contributed by atoms with Gasteiger partial charge in [0.05, 0.1) is 12.2 Å². The van der Waals surface area contributed by atoms with Crippen molar-refractivity contribution in [2.45, 2.75) is 50.7 Å². The maximum Gasteiger partial charge on any atom is 0.0701 e. The molecule has 3 nitrogen and oxygen atoms in total. The monoisotopic (exact) mass is 273 g/mol. The molecule has 0 aromatic heterocycles. The molecule has 0 bridgehead atoms. The summed E-state index contributed by atoms with van der Waals surface area (Å²) in [5.41, 5.74) is 6.44. The van der Waals surface area contributed by atoms with Gasteiger partial charge in [-0.3, -0.25) is 0 Å². The van der Waals surface area contributed by atoms with Gasteiger partial charge in [-0.05, 0) is 49.5 Å². The molecule has 2 fully saturated rings. The van der Waals surface area contributed by atoms with Crippen LogP contribution in [0.3, 0.4) is 0 Å². The molecule has 0 aromatic carbocycles. The molecule has 2 aliphatic heterocycles. The van der Waals surface area contributed by atoms with Crippen LogP contribution in [0.5, 0.6) is 0 Å². The van der Waals surface area contributed by atoms with Gasteiger partial charge in [0.1, 0.15) is 0 Å². The standard InChI is InChI=1S/C14H27NO2S/c1-2-6-16-11-13(15)12-3-7-17-14(10-12)4-8-18-9-5-14/h12-13H,2-11,15H2,1H3.